The van der Waals surface area contributed by atoms with E-state index < -0.39 is 0 Å². The topological polar surface area (TPSA) is 52.3 Å². The quantitative estimate of drug-likeness (QED) is 0.475. The summed E-state index contributed by atoms with van der Waals surface area (Å²) in [7, 11) is 1.66. The minimum Gasteiger partial charge on any atom is -0.385 e. The van der Waals surface area contributed by atoms with E-state index in [1.54, 1.807) is 14.0 Å². The number of hydrogen-bond donors (Lipinski definition) is 1. The van der Waals surface area contributed by atoms with Gasteiger partial charge in [0.25, 0.3) is 0 Å². The van der Waals surface area contributed by atoms with Gasteiger partial charge in [-0.05, 0) is 19.8 Å². The van der Waals surface area contributed by atoms with Gasteiger partial charge >= 0.3 is 0 Å². The number of methoxy groups -OCH3 is 1. The van der Waals surface area contributed by atoms with Crippen LogP contribution >= 0.6 is 0 Å². The van der Waals surface area contributed by atoms with Crippen LogP contribution < -0.4 is 5.73 Å². The Morgan fingerprint density at radius 3 is 2.73 bits per heavy atom. The maximum atomic E-state index is 10.5. The molecular weight excluding hydrogens is 142 g/mol. The number of ether oxygens (including phenoxy) is 1. The van der Waals surface area contributed by atoms with Crippen molar-refractivity contribution in [2.24, 2.45) is 5.73 Å². The predicted octanol–water partition coefficient (Wildman–Crippen LogP) is 0.845. The number of primary amides is 1. The molecule has 0 fully saturated rings. The molecule has 0 aliphatic rings. The molecule has 64 valence electrons. The van der Waals surface area contributed by atoms with E-state index in [0.29, 0.717) is 5.57 Å². The average Bonchev–Trinajstić information content (AvgIpc) is 1.97. The van der Waals surface area contributed by atoms with E-state index in [9.17, 15) is 4.79 Å². The van der Waals surface area contributed by atoms with Gasteiger partial charge < -0.3 is 10.5 Å². The summed E-state index contributed by atoms with van der Waals surface area (Å²) in [5.74, 6) is -0.345. The normalized spacial score (nSPS) is 11.6. The van der Waals surface area contributed by atoms with E-state index in [-0.39, 0.29) is 5.91 Å². The fourth-order valence-corrected chi connectivity index (χ4v) is 0.647. The first kappa shape index (κ1) is 10.2. The zero-order valence-corrected chi connectivity index (χ0v) is 7.09. The van der Waals surface area contributed by atoms with Gasteiger partial charge in [0, 0.05) is 19.3 Å². The van der Waals surface area contributed by atoms with Crippen molar-refractivity contribution in [1.82, 2.24) is 0 Å². The molecule has 0 aromatic rings. The summed E-state index contributed by atoms with van der Waals surface area (Å²) in [6.45, 7) is 2.44. The molecule has 0 rings (SSSR count). The van der Waals surface area contributed by atoms with Crippen molar-refractivity contribution in [1.29, 1.82) is 0 Å². The van der Waals surface area contributed by atoms with Crippen LogP contribution in [0.15, 0.2) is 11.6 Å². The number of hydrogen-bond acceptors (Lipinski definition) is 2. The van der Waals surface area contributed by atoms with E-state index in [0.717, 1.165) is 19.4 Å². The van der Waals surface area contributed by atoms with Crippen molar-refractivity contribution in [3.63, 3.8) is 0 Å². The standard InChI is InChI=1S/C8H15NO2/c1-7(8(9)10)5-3-4-6-11-2/h5H,3-4,6H2,1-2H3,(H2,9,10). The lowest BCUT2D eigenvalue weighted by atomic mass is 10.2. The average molecular weight is 157 g/mol. The fraction of sp³-hybridized carbons (Fsp3) is 0.625. The monoisotopic (exact) mass is 157 g/mol. The molecule has 0 bridgehead atoms. The largest absolute Gasteiger partial charge is 0.385 e. The van der Waals surface area contributed by atoms with E-state index in [1.165, 1.54) is 0 Å². The van der Waals surface area contributed by atoms with E-state index in [2.05, 4.69) is 0 Å². The predicted molar refractivity (Wildman–Crippen MR) is 44.1 cm³/mol. The van der Waals surface area contributed by atoms with Crippen LogP contribution in [0.4, 0.5) is 0 Å². The van der Waals surface area contributed by atoms with E-state index >= 15 is 0 Å². The highest BCUT2D eigenvalue weighted by Gasteiger charge is 1.94. The molecule has 3 heteroatoms. The highest BCUT2D eigenvalue weighted by atomic mass is 16.5. The Morgan fingerprint density at radius 2 is 2.27 bits per heavy atom. The van der Waals surface area contributed by atoms with Crippen molar-refractivity contribution in [2.75, 3.05) is 13.7 Å². The maximum Gasteiger partial charge on any atom is 0.244 e. The zero-order valence-electron chi connectivity index (χ0n) is 7.09. The fourth-order valence-electron chi connectivity index (χ4n) is 0.647. The van der Waals surface area contributed by atoms with Gasteiger partial charge in [0.1, 0.15) is 0 Å². The zero-order chi connectivity index (χ0) is 8.69. The molecule has 0 aromatic heterocycles. The Kier molecular flexibility index (Phi) is 5.47. The van der Waals surface area contributed by atoms with E-state index in [4.69, 9.17) is 10.5 Å². The van der Waals surface area contributed by atoms with Gasteiger partial charge in [0.05, 0.1) is 0 Å². The van der Waals surface area contributed by atoms with Crippen LogP contribution in [0.2, 0.25) is 0 Å². The molecule has 0 saturated heterocycles. The smallest absolute Gasteiger partial charge is 0.244 e. The molecule has 1 amide bonds. The van der Waals surface area contributed by atoms with Gasteiger partial charge in [-0.2, -0.15) is 0 Å². The van der Waals surface area contributed by atoms with Crippen LogP contribution in [0.1, 0.15) is 19.8 Å². The van der Waals surface area contributed by atoms with Gasteiger partial charge in [0.2, 0.25) is 5.91 Å². The third-order valence-corrected chi connectivity index (χ3v) is 1.39. The number of unbranched alkanes of at least 4 members (excludes halogenated alkanes) is 1. The summed E-state index contributed by atoms with van der Waals surface area (Å²) in [6, 6.07) is 0. The molecular formula is C8H15NO2. The second-order valence-electron chi connectivity index (χ2n) is 2.39. The number of nitrogens with two attached hydrogens (primary N) is 1. The molecule has 0 atom stereocenters. The van der Waals surface area contributed by atoms with Crippen LogP contribution in [0.25, 0.3) is 0 Å². The Labute approximate surface area is 67.2 Å². The molecule has 0 aliphatic carbocycles. The van der Waals surface area contributed by atoms with Crippen LogP contribution in [-0.4, -0.2) is 19.6 Å². The second kappa shape index (κ2) is 5.92. The third-order valence-electron chi connectivity index (χ3n) is 1.39. The SMILES string of the molecule is COCCCC=C(C)C(N)=O. The lowest BCUT2D eigenvalue weighted by Gasteiger charge is -1.95. The molecule has 0 aromatic carbocycles. The molecule has 0 aliphatic heterocycles. The Hall–Kier alpha value is -0.830. The third kappa shape index (κ3) is 5.61. The first-order chi connectivity index (χ1) is 5.18. The van der Waals surface area contributed by atoms with Gasteiger partial charge in [-0.3, -0.25) is 4.79 Å². The van der Waals surface area contributed by atoms with Gasteiger partial charge in [-0.1, -0.05) is 6.08 Å². The van der Waals surface area contributed by atoms with Gasteiger partial charge in [-0.15, -0.1) is 0 Å². The van der Waals surface area contributed by atoms with Crippen molar-refractivity contribution in [3.05, 3.63) is 11.6 Å². The number of rotatable bonds is 5. The van der Waals surface area contributed by atoms with Crippen LogP contribution in [0, 0.1) is 0 Å². The summed E-state index contributed by atoms with van der Waals surface area (Å²) >= 11 is 0. The Bertz CT molecular complexity index is 152. The first-order valence-electron chi connectivity index (χ1n) is 3.64. The lowest BCUT2D eigenvalue weighted by Crippen LogP contribution is -2.11. The summed E-state index contributed by atoms with van der Waals surface area (Å²) < 4.78 is 4.84. The summed E-state index contributed by atoms with van der Waals surface area (Å²) in [5, 5.41) is 0. The van der Waals surface area contributed by atoms with Crippen LogP contribution in [0.5, 0.6) is 0 Å². The van der Waals surface area contributed by atoms with Gasteiger partial charge in [0.15, 0.2) is 0 Å². The van der Waals surface area contributed by atoms with Crippen molar-refractivity contribution in [3.8, 4) is 0 Å². The number of allylic oxidation sites excluding steroid dienone is 1. The second-order valence-corrected chi connectivity index (χ2v) is 2.39. The molecule has 0 saturated carbocycles. The van der Waals surface area contributed by atoms with Crippen molar-refractivity contribution < 1.29 is 9.53 Å². The summed E-state index contributed by atoms with van der Waals surface area (Å²) in [6.07, 6.45) is 3.62. The minimum atomic E-state index is -0.345. The lowest BCUT2D eigenvalue weighted by molar-refractivity contribution is -0.114. The molecule has 2 N–H and O–H groups in total. The van der Waals surface area contributed by atoms with E-state index in [1.807, 2.05) is 6.08 Å². The van der Waals surface area contributed by atoms with Gasteiger partial charge in [-0.25, -0.2) is 0 Å². The summed E-state index contributed by atoms with van der Waals surface area (Å²) in [4.78, 5) is 10.5. The molecule has 0 spiro atoms. The van der Waals surface area contributed by atoms with Crippen LogP contribution in [0.3, 0.4) is 0 Å². The molecule has 0 heterocycles. The van der Waals surface area contributed by atoms with Crippen molar-refractivity contribution >= 4 is 5.91 Å². The highest BCUT2D eigenvalue weighted by Crippen LogP contribution is 1.97. The molecule has 3 nitrogen and oxygen atoms in total. The number of carbonyl (C=O) groups excluding carboxylic acids is 1. The maximum absolute atomic E-state index is 10.5. The minimum absolute atomic E-state index is 0.345. The summed E-state index contributed by atoms with van der Waals surface area (Å²) in [5.41, 5.74) is 5.64. The first-order valence-corrected chi connectivity index (χ1v) is 3.64. The van der Waals surface area contributed by atoms with Crippen molar-refractivity contribution in [2.45, 2.75) is 19.8 Å². The molecule has 0 radical (unpaired) electrons. The highest BCUT2D eigenvalue weighted by molar-refractivity contribution is 5.91. The Balaban J connectivity index is 3.48. The molecule has 0 unspecified atom stereocenters. The number of carbonyl (C=O) groups is 1. The molecule has 11 heavy (non-hydrogen) atoms. The van der Waals surface area contributed by atoms with Crippen LogP contribution in [-0.2, 0) is 9.53 Å². The Morgan fingerprint density at radius 1 is 1.64 bits per heavy atom. The number of amides is 1.